The third-order valence-corrected chi connectivity index (χ3v) is 3.96. The highest BCUT2D eigenvalue weighted by molar-refractivity contribution is 5.96. The standard InChI is InChI=1S/C20H22N2O4/c1-14-6-4-5-7-18(14)21-19(24)12-13-22(15(2)23)17-10-8-16(9-11-17)20(25)26-3/h4-11H,12-13H2,1-3H3,(H,21,24). The molecule has 0 radical (unpaired) electrons. The van der Waals surface area contributed by atoms with E-state index >= 15 is 0 Å². The van der Waals surface area contributed by atoms with Gasteiger partial charge in [-0.1, -0.05) is 18.2 Å². The molecule has 6 heteroatoms. The maximum atomic E-state index is 12.2. The number of hydrogen-bond acceptors (Lipinski definition) is 4. The van der Waals surface area contributed by atoms with Gasteiger partial charge >= 0.3 is 5.97 Å². The summed E-state index contributed by atoms with van der Waals surface area (Å²) >= 11 is 0. The van der Waals surface area contributed by atoms with E-state index in [9.17, 15) is 14.4 Å². The van der Waals surface area contributed by atoms with Crippen molar-refractivity contribution in [2.75, 3.05) is 23.9 Å². The van der Waals surface area contributed by atoms with Crippen LogP contribution in [0.1, 0.15) is 29.3 Å². The van der Waals surface area contributed by atoms with Gasteiger partial charge in [-0.05, 0) is 42.8 Å². The average molecular weight is 354 g/mol. The normalized spacial score (nSPS) is 10.1. The summed E-state index contributed by atoms with van der Waals surface area (Å²) < 4.78 is 4.66. The second kappa shape index (κ2) is 8.80. The molecule has 0 atom stereocenters. The summed E-state index contributed by atoms with van der Waals surface area (Å²) in [7, 11) is 1.31. The van der Waals surface area contributed by atoms with Crippen LogP contribution in [0.2, 0.25) is 0 Å². The smallest absolute Gasteiger partial charge is 0.337 e. The van der Waals surface area contributed by atoms with Crippen molar-refractivity contribution < 1.29 is 19.1 Å². The fraction of sp³-hybridized carbons (Fsp3) is 0.250. The molecule has 0 aromatic heterocycles. The first-order valence-electron chi connectivity index (χ1n) is 8.24. The number of rotatable bonds is 6. The van der Waals surface area contributed by atoms with Crippen molar-refractivity contribution >= 4 is 29.2 Å². The summed E-state index contributed by atoms with van der Waals surface area (Å²) in [5.74, 6) is -0.792. The van der Waals surface area contributed by atoms with Crippen molar-refractivity contribution in [2.45, 2.75) is 20.3 Å². The number of amides is 2. The molecular formula is C20H22N2O4. The highest BCUT2D eigenvalue weighted by Gasteiger charge is 2.15. The molecule has 136 valence electrons. The number of para-hydroxylation sites is 1. The molecule has 0 bridgehead atoms. The van der Waals surface area contributed by atoms with Gasteiger partial charge in [-0.15, -0.1) is 0 Å². The van der Waals surface area contributed by atoms with Crippen molar-refractivity contribution in [1.82, 2.24) is 0 Å². The van der Waals surface area contributed by atoms with Crippen molar-refractivity contribution in [1.29, 1.82) is 0 Å². The lowest BCUT2D eigenvalue weighted by Crippen LogP contribution is -2.32. The highest BCUT2D eigenvalue weighted by Crippen LogP contribution is 2.18. The Labute approximate surface area is 152 Å². The van der Waals surface area contributed by atoms with E-state index in [0.29, 0.717) is 11.3 Å². The SMILES string of the molecule is COC(=O)c1ccc(N(CCC(=O)Nc2ccccc2C)C(C)=O)cc1. The molecule has 0 saturated carbocycles. The monoisotopic (exact) mass is 354 g/mol. The van der Waals surface area contributed by atoms with Gasteiger partial charge in [0.15, 0.2) is 0 Å². The molecule has 0 fully saturated rings. The summed E-state index contributed by atoms with van der Waals surface area (Å²) in [6, 6.07) is 14.0. The van der Waals surface area contributed by atoms with Gasteiger partial charge < -0.3 is 15.0 Å². The first-order valence-corrected chi connectivity index (χ1v) is 8.24. The van der Waals surface area contributed by atoms with E-state index < -0.39 is 5.97 Å². The van der Waals surface area contributed by atoms with Gasteiger partial charge in [-0.25, -0.2) is 4.79 Å². The summed E-state index contributed by atoms with van der Waals surface area (Å²) in [4.78, 5) is 37.1. The van der Waals surface area contributed by atoms with Crippen LogP contribution in [0.3, 0.4) is 0 Å². The van der Waals surface area contributed by atoms with Gasteiger partial charge in [0.05, 0.1) is 12.7 Å². The van der Waals surface area contributed by atoms with E-state index in [4.69, 9.17) is 0 Å². The number of carbonyl (C=O) groups excluding carboxylic acids is 3. The molecule has 2 aromatic carbocycles. The Kier molecular flexibility index (Phi) is 6.49. The van der Waals surface area contributed by atoms with Gasteiger partial charge in [0.25, 0.3) is 0 Å². The third kappa shape index (κ3) is 4.92. The zero-order valence-electron chi connectivity index (χ0n) is 15.1. The summed E-state index contributed by atoms with van der Waals surface area (Å²) in [6.45, 7) is 3.60. The second-order valence-corrected chi connectivity index (χ2v) is 5.82. The van der Waals surface area contributed by atoms with Crippen molar-refractivity contribution in [2.24, 2.45) is 0 Å². The molecule has 1 N–H and O–H groups in total. The number of esters is 1. The number of anilines is 2. The van der Waals surface area contributed by atoms with Gasteiger partial charge in [0, 0.05) is 31.3 Å². The lowest BCUT2D eigenvalue weighted by atomic mass is 10.2. The summed E-state index contributed by atoms with van der Waals surface area (Å²) in [6.07, 6.45) is 0.159. The van der Waals surface area contributed by atoms with Crippen LogP contribution in [0.25, 0.3) is 0 Å². The van der Waals surface area contributed by atoms with E-state index in [1.807, 2.05) is 31.2 Å². The molecule has 0 aliphatic rings. The Morgan fingerprint density at radius 3 is 2.27 bits per heavy atom. The Bertz CT molecular complexity index is 800. The number of carbonyl (C=O) groups is 3. The number of nitrogens with zero attached hydrogens (tertiary/aromatic N) is 1. The van der Waals surface area contributed by atoms with Gasteiger partial charge in [0.2, 0.25) is 11.8 Å². The Morgan fingerprint density at radius 2 is 1.69 bits per heavy atom. The largest absolute Gasteiger partial charge is 0.465 e. The van der Waals surface area contributed by atoms with Crippen LogP contribution in [0.4, 0.5) is 11.4 Å². The van der Waals surface area contributed by atoms with Crippen LogP contribution in [0.5, 0.6) is 0 Å². The van der Waals surface area contributed by atoms with E-state index in [1.54, 1.807) is 24.3 Å². The lowest BCUT2D eigenvalue weighted by Gasteiger charge is -2.21. The predicted molar refractivity (Wildman–Crippen MR) is 100 cm³/mol. The second-order valence-electron chi connectivity index (χ2n) is 5.82. The Hall–Kier alpha value is -3.15. The fourth-order valence-corrected chi connectivity index (χ4v) is 2.50. The van der Waals surface area contributed by atoms with Crippen LogP contribution in [0, 0.1) is 6.92 Å². The van der Waals surface area contributed by atoms with Crippen molar-refractivity contribution in [3.8, 4) is 0 Å². The molecule has 6 nitrogen and oxygen atoms in total. The minimum absolute atomic E-state index is 0.159. The molecule has 0 unspecified atom stereocenters. The summed E-state index contributed by atoms with van der Waals surface area (Å²) in [5, 5.41) is 2.85. The number of benzene rings is 2. The number of hydrogen-bond donors (Lipinski definition) is 1. The van der Waals surface area contributed by atoms with E-state index in [1.165, 1.54) is 18.9 Å². The van der Waals surface area contributed by atoms with E-state index in [2.05, 4.69) is 10.1 Å². The minimum atomic E-state index is -0.441. The molecule has 2 rings (SSSR count). The molecule has 0 aliphatic carbocycles. The maximum absolute atomic E-state index is 12.2. The third-order valence-electron chi connectivity index (χ3n) is 3.96. The van der Waals surface area contributed by atoms with E-state index in [0.717, 1.165) is 11.3 Å². The molecule has 26 heavy (non-hydrogen) atoms. The van der Waals surface area contributed by atoms with Gasteiger partial charge in [-0.2, -0.15) is 0 Å². The first-order chi connectivity index (χ1) is 12.4. The Balaban J connectivity index is 2.02. The molecule has 2 aromatic rings. The van der Waals surface area contributed by atoms with Crippen molar-refractivity contribution in [3.63, 3.8) is 0 Å². The summed E-state index contributed by atoms with van der Waals surface area (Å²) in [5.41, 5.74) is 2.75. The molecule has 2 amide bonds. The highest BCUT2D eigenvalue weighted by atomic mass is 16.5. The topological polar surface area (TPSA) is 75.7 Å². The first kappa shape index (κ1) is 19.2. The number of methoxy groups -OCH3 is 1. The van der Waals surface area contributed by atoms with Crippen LogP contribution in [-0.4, -0.2) is 31.4 Å². The number of ether oxygens (including phenoxy) is 1. The van der Waals surface area contributed by atoms with E-state index in [-0.39, 0.29) is 24.8 Å². The quantitative estimate of drug-likeness (QED) is 0.809. The molecule has 0 saturated heterocycles. The Morgan fingerprint density at radius 1 is 1.04 bits per heavy atom. The van der Waals surface area contributed by atoms with Crippen molar-refractivity contribution in [3.05, 3.63) is 59.7 Å². The zero-order valence-corrected chi connectivity index (χ0v) is 15.1. The fourth-order valence-electron chi connectivity index (χ4n) is 2.50. The average Bonchev–Trinajstić information content (AvgIpc) is 2.63. The van der Waals surface area contributed by atoms with Crippen LogP contribution in [-0.2, 0) is 14.3 Å². The number of nitrogens with one attached hydrogen (secondary N) is 1. The van der Waals surface area contributed by atoms with Crippen LogP contribution < -0.4 is 10.2 Å². The molecular weight excluding hydrogens is 332 g/mol. The van der Waals surface area contributed by atoms with Gasteiger partial charge in [-0.3, -0.25) is 9.59 Å². The molecule has 0 aliphatic heterocycles. The zero-order chi connectivity index (χ0) is 19.1. The number of aryl methyl sites for hydroxylation is 1. The lowest BCUT2D eigenvalue weighted by molar-refractivity contribution is -0.117. The van der Waals surface area contributed by atoms with Gasteiger partial charge in [0.1, 0.15) is 0 Å². The van der Waals surface area contributed by atoms with Crippen LogP contribution in [0.15, 0.2) is 48.5 Å². The minimum Gasteiger partial charge on any atom is -0.465 e. The molecule has 0 heterocycles. The molecule has 0 spiro atoms. The maximum Gasteiger partial charge on any atom is 0.337 e. The van der Waals surface area contributed by atoms with Crippen LogP contribution >= 0.6 is 0 Å². The predicted octanol–water partition coefficient (Wildman–Crippen LogP) is 3.16.